The van der Waals surface area contributed by atoms with Gasteiger partial charge in [0.05, 0.1) is 0 Å². The molecule has 0 aromatic carbocycles. The van der Waals surface area contributed by atoms with Crippen molar-refractivity contribution in [2.24, 2.45) is 0 Å². The summed E-state index contributed by atoms with van der Waals surface area (Å²) in [4.78, 5) is 4.87. The molecule has 0 radical (unpaired) electrons. The molecule has 2 fully saturated rings. The molecule has 0 saturated carbocycles. The van der Waals surface area contributed by atoms with Crippen LogP contribution < -0.4 is 10.6 Å². The number of nitrogen functional groups attached to an aromatic ring is 1. The van der Waals surface area contributed by atoms with Gasteiger partial charge in [-0.1, -0.05) is 11.3 Å². The fraction of sp³-hybridized carbons (Fsp3) is 0.800. The molecule has 5 nitrogen and oxygen atoms in total. The summed E-state index contributed by atoms with van der Waals surface area (Å²) in [7, 11) is 2.20. The minimum Gasteiger partial charge on any atom is -0.374 e. The van der Waals surface area contributed by atoms with E-state index in [9.17, 15) is 0 Å². The molecule has 6 heteroatoms. The van der Waals surface area contributed by atoms with Gasteiger partial charge in [0.15, 0.2) is 0 Å². The Morgan fingerprint density at radius 1 is 1.25 bits per heavy atom. The maximum Gasteiger partial charge on any atom is 0.210 e. The van der Waals surface area contributed by atoms with Gasteiger partial charge in [-0.25, -0.2) is 0 Å². The molecule has 16 heavy (non-hydrogen) atoms. The lowest BCUT2D eigenvalue weighted by Crippen LogP contribution is -2.38. The van der Waals surface area contributed by atoms with E-state index in [4.69, 9.17) is 5.73 Å². The lowest BCUT2D eigenvalue weighted by Gasteiger charge is -2.27. The van der Waals surface area contributed by atoms with Crippen LogP contribution in [0.4, 0.5) is 10.3 Å². The molecule has 2 atom stereocenters. The van der Waals surface area contributed by atoms with E-state index in [0.717, 1.165) is 11.7 Å². The van der Waals surface area contributed by atoms with Crippen molar-refractivity contribution in [3.63, 3.8) is 0 Å². The summed E-state index contributed by atoms with van der Waals surface area (Å²) < 4.78 is 0. The molecule has 3 heterocycles. The lowest BCUT2D eigenvalue weighted by atomic mass is 10.1. The highest BCUT2D eigenvalue weighted by Crippen LogP contribution is 2.36. The number of nitrogens with zero attached hydrogens (tertiary/aromatic N) is 4. The number of likely N-dealkylation sites (N-methyl/N-ethyl adjacent to an activating group) is 1. The van der Waals surface area contributed by atoms with E-state index in [2.05, 4.69) is 27.0 Å². The highest BCUT2D eigenvalue weighted by Gasteiger charge is 2.38. The molecular weight excluding hydrogens is 222 g/mol. The van der Waals surface area contributed by atoms with Gasteiger partial charge in [-0.05, 0) is 32.9 Å². The smallest absolute Gasteiger partial charge is 0.210 e. The van der Waals surface area contributed by atoms with Crippen LogP contribution >= 0.6 is 11.3 Å². The standard InChI is InChI=1S/C10H17N5S/c1-14-5-4-7-2-3-8(6-14)15(7)10-13-12-9(11)16-10/h7-8H,2-6H2,1H3,(H2,11,12)/t7-,8+/m1/s1. The average molecular weight is 239 g/mol. The molecule has 0 spiro atoms. The number of hydrogen-bond donors (Lipinski definition) is 1. The molecule has 2 aliphatic rings. The van der Waals surface area contributed by atoms with Crippen LogP contribution in [0, 0.1) is 0 Å². The minimum absolute atomic E-state index is 0.576. The number of rotatable bonds is 1. The van der Waals surface area contributed by atoms with E-state index in [1.54, 1.807) is 0 Å². The van der Waals surface area contributed by atoms with E-state index in [1.807, 2.05) is 0 Å². The van der Waals surface area contributed by atoms with E-state index in [0.29, 0.717) is 17.2 Å². The first-order chi connectivity index (χ1) is 7.74. The number of nitrogens with two attached hydrogens (primary N) is 1. The predicted octanol–water partition coefficient (Wildman–Crippen LogP) is 0.793. The van der Waals surface area contributed by atoms with Gasteiger partial charge >= 0.3 is 0 Å². The second kappa shape index (κ2) is 3.85. The van der Waals surface area contributed by atoms with Gasteiger partial charge in [-0.15, -0.1) is 10.2 Å². The van der Waals surface area contributed by atoms with Gasteiger partial charge in [0.25, 0.3) is 0 Å². The van der Waals surface area contributed by atoms with E-state index >= 15 is 0 Å². The molecule has 1 aromatic rings. The monoisotopic (exact) mass is 239 g/mol. The Balaban J connectivity index is 1.89. The Morgan fingerprint density at radius 3 is 2.81 bits per heavy atom. The van der Waals surface area contributed by atoms with Crippen molar-refractivity contribution in [1.82, 2.24) is 15.1 Å². The Kier molecular flexibility index (Phi) is 2.48. The summed E-state index contributed by atoms with van der Waals surface area (Å²) in [5, 5.41) is 9.72. The Hall–Kier alpha value is -0.880. The van der Waals surface area contributed by atoms with Crippen molar-refractivity contribution in [3.05, 3.63) is 0 Å². The zero-order valence-electron chi connectivity index (χ0n) is 9.46. The van der Waals surface area contributed by atoms with Crippen LogP contribution in [0.3, 0.4) is 0 Å². The van der Waals surface area contributed by atoms with Crippen molar-refractivity contribution in [1.29, 1.82) is 0 Å². The predicted molar refractivity (Wildman–Crippen MR) is 65.7 cm³/mol. The number of hydrogen-bond acceptors (Lipinski definition) is 6. The summed E-state index contributed by atoms with van der Waals surface area (Å²) in [5.74, 6) is 0. The van der Waals surface area contributed by atoms with Gasteiger partial charge in [0.2, 0.25) is 10.3 Å². The summed E-state index contributed by atoms with van der Waals surface area (Å²) in [5.41, 5.74) is 5.67. The second-order valence-electron chi connectivity index (χ2n) is 4.77. The van der Waals surface area contributed by atoms with Crippen molar-refractivity contribution >= 4 is 21.6 Å². The number of likely N-dealkylation sites (tertiary alicyclic amines) is 1. The van der Waals surface area contributed by atoms with Gasteiger partial charge in [-0.3, -0.25) is 0 Å². The molecule has 1 aromatic heterocycles. The van der Waals surface area contributed by atoms with E-state index < -0.39 is 0 Å². The maximum absolute atomic E-state index is 5.67. The zero-order chi connectivity index (χ0) is 11.1. The van der Waals surface area contributed by atoms with Crippen LogP contribution in [0.1, 0.15) is 19.3 Å². The highest BCUT2D eigenvalue weighted by molar-refractivity contribution is 7.18. The van der Waals surface area contributed by atoms with Gasteiger partial charge < -0.3 is 15.5 Å². The molecule has 2 saturated heterocycles. The number of fused-ring (bicyclic) bond motifs is 2. The number of anilines is 2. The normalized spacial score (nSPS) is 30.7. The third kappa shape index (κ3) is 1.66. The molecule has 2 bridgehead atoms. The summed E-state index contributed by atoms with van der Waals surface area (Å²) in [6, 6.07) is 1.24. The molecule has 0 unspecified atom stereocenters. The van der Waals surface area contributed by atoms with Crippen LogP contribution in [0.15, 0.2) is 0 Å². The topological polar surface area (TPSA) is 58.3 Å². The SMILES string of the molecule is CN1CC[C@H]2CC[C@@H](C1)N2c1nnc(N)s1. The van der Waals surface area contributed by atoms with Crippen LogP contribution in [-0.4, -0.2) is 47.3 Å². The molecular formula is C10H17N5S. The van der Waals surface area contributed by atoms with Crippen LogP contribution in [0.25, 0.3) is 0 Å². The van der Waals surface area contributed by atoms with Crippen LogP contribution in [0.5, 0.6) is 0 Å². The molecule has 2 aliphatic heterocycles. The first-order valence-corrected chi connectivity index (χ1v) is 6.61. The van der Waals surface area contributed by atoms with Crippen LogP contribution in [0.2, 0.25) is 0 Å². The largest absolute Gasteiger partial charge is 0.374 e. The second-order valence-corrected chi connectivity index (χ2v) is 5.75. The molecule has 3 rings (SSSR count). The van der Waals surface area contributed by atoms with Gasteiger partial charge in [0.1, 0.15) is 0 Å². The van der Waals surface area contributed by atoms with Crippen molar-refractivity contribution < 1.29 is 0 Å². The van der Waals surface area contributed by atoms with Crippen molar-refractivity contribution in [2.75, 3.05) is 30.8 Å². The Labute approximate surface area is 99.2 Å². The fourth-order valence-electron chi connectivity index (χ4n) is 2.89. The quantitative estimate of drug-likeness (QED) is 0.785. The average Bonchev–Trinajstić information content (AvgIpc) is 2.76. The fourth-order valence-corrected chi connectivity index (χ4v) is 3.64. The summed E-state index contributed by atoms with van der Waals surface area (Å²) in [6.45, 7) is 2.32. The van der Waals surface area contributed by atoms with Crippen molar-refractivity contribution in [3.8, 4) is 0 Å². The lowest BCUT2D eigenvalue weighted by molar-refractivity contribution is 0.315. The maximum atomic E-state index is 5.67. The third-order valence-corrected chi connectivity index (χ3v) is 4.40. The Bertz CT molecular complexity index is 379. The minimum atomic E-state index is 0.576. The van der Waals surface area contributed by atoms with Gasteiger partial charge in [-0.2, -0.15) is 0 Å². The first kappa shape index (κ1) is 10.3. The summed E-state index contributed by atoms with van der Waals surface area (Å²) in [6.07, 6.45) is 3.79. The molecule has 0 aliphatic carbocycles. The number of aromatic nitrogens is 2. The molecule has 0 amide bonds. The highest BCUT2D eigenvalue weighted by atomic mass is 32.1. The van der Waals surface area contributed by atoms with E-state index in [1.165, 1.54) is 37.1 Å². The Morgan fingerprint density at radius 2 is 2.06 bits per heavy atom. The van der Waals surface area contributed by atoms with Crippen LogP contribution in [-0.2, 0) is 0 Å². The zero-order valence-corrected chi connectivity index (χ0v) is 10.3. The third-order valence-electron chi connectivity index (χ3n) is 3.64. The molecule has 88 valence electrons. The first-order valence-electron chi connectivity index (χ1n) is 5.80. The molecule has 2 N–H and O–H groups in total. The van der Waals surface area contributed by atoms with Crippen molar-refractivity contribution in [2.45, 2.75) is 31.3 Å². The van der Waals surface area contributed by atoms with E-state index in [-0.39, 0.29) is 0 Å². The van der Waals surface area contributed by atoms with Gasteiger partial charge in [0, 0.05) is 18.6 Å². The summed E-state index contributed by atoms with van der Waals surface area (Å²) >= 11 is 1.52.